The summed E-state index contributed by atoms with van der Waals surface area (Å²) in [5.41, 5.74) is 4.34. The van der Waals surface area contributed by atoms with E-state index in [1.165, 1.54) is 0 Å². The molecule has 0 fully saturated rings. The van der Waals surface area contributed by atoms with E-state index in [1.807, 2.05) is 79.0 Å². The third-order valence-electron chi connectivity index (χ3n) is 5.42. The highest BCUT2D eigenvalue weighted by molar-refractivity contribution is 5.98. The van der Waals surface area contributed by atoms with Crippen LogP contribution in [0.3, 0.4) is 0 Å². The molecule has 1 aromatic heterocycles. The first-order chi connectivity index (χ1) is 15.7. The minimum atomic E-state index is -0.296. The zero-order valence-electron chi connectivity index (χ0n) is 17.3. The Kier molecular flexibility index (Phi) is 5.21. The number of anilines is 2. The number of hydrogen-bond acceptors (Lipinski definition) is 3. The SMILES string of the molecule is O=C(NCc1ccc2c(c1)OCC(=O)N2Cc1ccccc1)Nc1ccc2cc[nH]c2c1. The number of hydrogen-bond donors (Lipinski definition) is 3. The molecule has 0 radical (unpaired) electrons. The number of benzene rings is 3. The second-order valence-electron chi connectivity index (χ2n) is 7.64. The number of rotatable bonds is 5. The number of urea groups is 1. The highest BCUT2D eigenvalue weighted by Crippen LogP contribution is 2.34. The molecule has 3 N–H and O–H groups in total. The van der Waals surface area contributed by atoms with Gasteiger partial charge in [-0.1, -0.05) is 42.5 Å². The van der Waals surface area contributed by atoms with Gasteiger partial charge in [0.05, 0.1) is 12.2 Å². The second kappa shape index (κ2) is 8.47. The molecular formula is C25H22N4O3. The molecule has 0 spiro atoms. The number of aromatic nitrogens is 1. The lowest BCUT2D eigenvalue weighted by Crippen LogP contribution is -2.38. The van der Waals surface area contributed by atoms with E-state index in [4.69, 9.17) is 4.74 Å². The van der Waals surface area contributed by atoms with Gasteiger partial charge >= 0.3 is 6.03 Å². The Morgan fingerprint density at radius 2 is 1.88 bits per heavy atom. The van der Waals surface area contributed by atoms with Crippen molar-refractivity contribution in [3.05, 3.63) is 90.1 Å². The largest absolute Gasteiger partial charge is 0.482 e. The monoisotopic (exact) mass is 426 g/mol. The Hall–Kier alpha value is -4.26. The number of carbonyl (C=O) groups is 2. The molecule has 2 heterocycles. The standard InChI is InChI=1S/C25H22N4O3/c30-24-16-32-23-12-18(6-9-22(23)29(24)15-17-4-2-1-3-5-17)14-27-25(31)28-20-8-7-19-10-11-26-21(19)13-20/h1-13,26H,14-16H2,(H2,27,28,31). The normalized spacial score (nSPS) is 12.9. The van der Waals surface area contributed by atoms with Crippen molar-refractivity contribution < 1.29 is 14.3 Å². The lowest BCUT2D eigenvalue weighted by atomic mass is 10.1. The number of nitrogens with zero attached hydrogens (tertiary/aromatic N) is 1. The summed E-state index contributed by atoms with van der Waals surface area (Å²) in [6.45, 7) is 0.819. The Bertz CT molecular complexity index is 1280. The van der Waals surface area contributed by atoms with E-state index in [0.717, 1.165) is 27.7 Å². The summed E-state index contributed by atoms with van der Waals surface area (Å²) in [6, 6.07) is 22.9. The van der Waals surface area contributed by atoms with Crippen molar-refractivity contribution in [3.8, 4) is 5.75 Å². The van der Waals surface area contributed by atoms with Gasteiger partial charge in [-0.05, 0) is 46.8 Å². The molecule has 3 amide bonds. The third kappa shape index (κ3) is 4.13. The van der Waals surface area contributed by atoms with Crippen molar-refractivity contribution in [1.29, 1.82) is 0 Å². The van der Waals surface area contributed by atoms with Crippen molar-refractivity contribution in [2.45, 2.75) is 13.1 Å². The lowest BCUT2D eigenvalue weighted by Gasteiger charge is -2.30. The summed E-state index contributed by atoms with van der Waals surface area (Å²) < 4.78 is 5.66. The number of ether oxygens (including phenoxy) is 1. The van der Waals surface area contributed by atoms with E-state index in [1.54, 1.807) is 4.90 Å². The molecule has 4 aromatic rings. The number of fused-ring (bicyclic) bond motifs is 2. The minimum Gasteiger partial charge on any atom is -0.482 e. The summed E-state index contributed by atoms with van der Waals surface area (Å²) in [5.74, 6) is 0.558. The number of carbonyl (C=O) groups excluding carboxylic acids is 2. The second-order valence-corrected chi connectivity index (χ2v) is 7.64. The van der Waals surface area contributed by atoms with Crippen LogP contribution in [-0.4, -0.2) is 23.5 Å². The molecule has 7 nitrogen and oxygen atoms in total. The van der Waals surface area contributed by atoms with Crippen LogP contribution in [0.1, 0.15) is 11.1 Å². The summed E-state index contributed by atoms with van der Waals surface area (Å²) in [7, 11) is 0. The predicted molar refractivity (Wildman–Crippen MR) is 124 cm³/mol. The van der Waals surface area contributed by atoms with Crippen LogP contribution in [0, 0.1) is 0 Å². The molecule has 0 aliphatic carbocycles. The highest BCUT2D eigenvalue weighted by Gasteiger charge is 2.25. The number of amides is 3. The van der Waals surface area contributed by atoms with E-state index >= 15 is 0 Å². The van der Waals surface area contributed by atoms with Gasteiger partial charge in [0.1, 0.15) is 5.75 Å². The van der Waals surface area contributed by atoms with Crippen molar-refractivity contribution in [2.24, 2.45) is 0 Å². The summed E-state index contributed by atoms with van der Waals surface area (Å²) >= 11 is 0. The molecule has 0 unspecified atom stereocenters. The quantitative estimate of drug-likeness (QED) is 0.442. The first kappa shape index (κ1) is 19.7. The Labute approximate surface area is 185 Å². The molecule has 0 atom stereocenters. The first-order valence-electron chi connectivity index (χ1n) is 10.4. The first-order valence-corrected chi connectivity index (χ1v) is 10.4. The number of nitrogens with one attached hydrogen (secondary N) is 3. The van der Waals surface area contributed by atoms with Crippen LogP contribution in [-0.2, 0) is 17.9 Å². The van der Waals surface area contributed by atoms with Crippen molar-refractivity contribution in [3.63, 3.8) is 0 Å². The number of H-pyrrole nitrogens is 1. The van der Waals surface area contributed by atoms with Gasteiger partial charge in [0.25, 0.3) is 5.91 Å². The molecule has 0 bridgehead atoms. The maximum atomic E-state index is 12.4. The van der Waals surface area contributed by atoms with Crippen LogP contribution in [0.25, 0.3) is 10.9 Å². The van der Waals surface area contributed by atoms with E-state index < -0.39 is 0 Å². The molecule has 160 valence electrons. The molecule has 5 rings (SSSR count). The Morgan fingerprint density at radius 1 is 1.00 bits per heavy atom. The molecule has 7 heteroatoms. The number of aromatic amines is 1. The van der Waals surface area contributed by atoms with Crippen LogP contribution in [0.2, 0.25) is 0 Å². The fraction of sp³-hybridized carbons (Fsp3) is 0.120. The fourth-order valence-corrected chi connectivity index (χ4v) is 3.78. The zero-order chi connectivity index (χ0) is 21.9. The van der Waals surface area contributed by atoms with Gasteiger partial charge in [0.15, 0.2) is 6.61 Å². The van der Waals surface area contributed by atoms with Gasteiger partial charge in [-0.25, -0.2) is 4.79 Å². The van der Waals surface area contributed by atoms with Crippen LogP contribution in [0.4, 0.5) is 16.2 Å². The fourth-order valence-electron chi connectivity index (χ4n) is 3.78. The molecule has 32 heavy (non-hydrogen) atoms. The maximum Gasteiger partial charge on any atom is 0.319 e. The predicted octanol–water partition coefficient (Wildman–Crippen LogP) is 4.42. The smallest absolute Gasteiger partial charge is 0.319 e. The molecule has 0 saturated carbocycles. The molecule has 0 saturated heterocycles. The average Bonchev–Trinajstić information content (AvgIpc) is 3.28. The van der Waals surface area contributed by atoms with Crippen LogP contribution >= 0.6 is 0 Å². The van der Waals surface area contributed by atoms with Gasteiger partial charge in [0, 0.05) is 23.9 Å². The summed E-state index contributed by atoms with van der Waals surface area (Å²) in [4.78, 5) is 29.6. The molecule has 1 aliphatic heterocycles. The van der Waals surface area contributed by atoms with E-state index in [2.05, 4.69) is 15.6 Å². The van der Waals surface area contributed by atoms with Gasteiger partial charge in [-0.3, -0.25) is 4.79 Å². The summed E-state index contributed by atoms with van der Waals surface area (Å²) in [5, 5.41) is 6.79. The highest BCUT2D eigenvalue weighted by atomic mass is 16.5. The topological polar surface area (TPSA) is 86.5 Å². The lowest BCUT2D eigenvalue weighted by molar-refractivity contribution is -0.121. The average molecular weight is 426 g/mol. The van der Waals surface area contributed by atoms with Crippen LogP contribution < -0.4 is 20.3 Å². The van der Waals surface area contributed by atoms with Gasteiger partial charge in [-0.15, -0.1) is 0 Å². The minimum absolute atomic E-state index is 0.00156. The van der Waals surface area contributed by atoms with Gasteiger partial charge < -0.3 is 25.3 Å². The van der Waals surface area contributed by atoms with Crippen molar-refractivity contribution >= 4 is 34.2 Å². The third-order valence-corrected chi connectivity index (χ3v) is 5.42. The summed E-state index contributed by atoms with van der Waals surface area (Å²) in [6.07, 6.45) is 1.86. The Balaban J connectivity index is 1.24. The van der Waals surface area contributed by atoms with Crippen LogP contribution in [0.15, 0.2) is 79.0 Å². The molecule has 3 aromatic carbocycles. The van der Waals surface area contributed by atoms with Gasteiger partial charge in [0.2, 0.25) is 0 Å². The molecule has 1 aliphatic rings. The van der Waals surface area contributed by atoms with Crippen molar-refractivity contribution in [1.82, 2.24) is 10.3 Å². The van der Waals surface area contributed by atoms with E-state index in [-0.39, 0.29) is 18.5 Å². The van der Waals surface area contributed by atoms with E-state index in [0.29, 0.717) is 24.5 Å². The zero-order valence-corrected chi connectivity index (χ0v) is 17.3. The van der Waals surface area contributed by atoms with Crippen molar-refractivity contribution in [2.75, 3.05) is 16.8 Å². The van der Waals surface area contributed by atoms with E-state index in [9.17, 15) is 9.59 Å². The van der Waals surface area contributed by atoms with Crippen LogP contribution in [0.5, 0.6) is 5.75 Å². The van der Waals surface area contributed by atoms with Gasteiger partial charge in [-0.2, -0.15) is 0 Å². The maximum absolute atomic E-state index is 12.4. The molecular weight excluding hydrogens is 404 g/mol. The Morgan fingerprint density at radius 3 is 2.75 bits per heavy atom.